The fourth-order valence-electron chi connectivity index (χ4n) is 3.66. The van der Waals surface area contributed by atoms with Crippen LogP contribution in [0, 0.1) is 5.82 Å². The highest BCUT2D eigenvalue weighted by molar-refractivity contribution is 7.91. The molecule has 13 heteroatoms. The Morgan fingerprint density at radius 2 is 1.97 bits per heavy atom. The molecule has 33 heavy (non-hydrogen) atoms. The van der Waals surface area contributed by atoms with Gasteiger partial charge < -0.3 is 14.6 Å². The predicted molar refractivity (Wildman–Crippen MR) is 112 cm³/mol. The molecular formula is C20H25F3N4O5S. The molecule has 1 aliphatic rings. The SMILES string of the molecule is CC(C)c1cc2c(c(C(C)C)c1CC(=O)N=[S@](N)(=O)c1nn(CCO)cc1F)OC(F)(F)O2. The average Bonchev–Trinajstić information content (AvgIpc) is 3.18. The predicted octanol–water partition coefficient (Wildman–Crippen LogP) is 3.05. The summed E-state index contributed by atoms with van der Waals surface area (Å²) in [6.45, 7) is 6.67. The standard InChI is InChI=1S/C20H25F3N4O5S/c1-10(2)12-7-15-18(32-20(22,23)31-15)17(11(3)4)13(12)8-16(29)26-33(24,30)19-14(21)9-27(25-19)5-6-28/h7,9-11,28H,5-6,8H2,1-4H3,(H2,24,26,29,30)/t33-/m0/s1. The number of fused-ring (bicyclic) bond motifs is 1. The van der Waals surface area contributed by atoms with Gasteiger partial charge in [0.1, 0.15) is 0 Å². The quantitative estimate of drug-likeness (QED) is 0.614. The summed E-state index contributed by atoms with van der Waals surface area (Å²) in [5.74, 6) is -2.84. The molecular weight excluding hydrogens is 465 g/mol. The number of nitrogens with two attached hydrogens (primary N) is 1. The number of aliphatic hydroxyl groups excluding tert-OH is 1. The van der Waals surface area contributed by atoms with E-state index in [1.54, 1.807) is 27.7 Å². The number of carbonyl (C=O) groups excluding carboxylic acids is 1. The zero-order chi connectivity index (χ0) is 24.7. The molecule has 0 bridgehead atoms. The zero-order valence-electron chi connectivity index (χ0n) is 18.5. The van der Waals surface area contributed by atoms with Crippen molar-refractivity contribution < 1.29 is 36.8 Å². The van der Waals surface area contributed by atoms with Gasteiger partial charge in [-0.15, -0.1) is 13.1 Å². The molecule has 1 atom stereocenters. The second kappa shape index (κ2) is 8.95. The minimum absolute atomic E-state index is 0.0717. The van der Waals surface area contributed by atoms with Crippen molar-refractivity contribution in [1.29, 1.82) is 0 Å². The van der Waals surface area contributed by atoms with E-state index in [0.717, 1.165) is 10.9 Å². The minimum atomic E-state index is -4.04. The number of benzene rings is 1. The second-order valence-corrected chi connectivity index (χ2v) is 9.87. The van der Waals surface area contributed by atoms with Crippen LogP contribution in [0.2, 0.25) is 0 Å². The van der Waals surface area contributed by atoms with Crippen LogP contribution in [0.15, 0.2) is 21.7 Å². The first-order valence-corrected chi connectivity index (χ1v) is 11.7. The summed E-state index contributed by atoms with van der Waals surface area (Å²) < 4.78 is 68.3. The topological polar surface area (TPSA) is 129 Å². The lowest BCUT2D eigenvalue weighted by atomic mass is 9.86. The number of carbonyl (C=O) groups is 1. The van der Waals surface area contributed by atoms with E-state index in [1.807, 2.05) is 0 Å². The van der Waals surface area contributed by atoms with Crippen molar-refractivity contribution >= 4 is 15.8 Å². The van der Waals surface area contributed by atoms with Crippen molar-refractivity contribution in [1.82, 2.24) is 9.78 Å². The van der Waals surface area contributed by atoms with Gasteiger partial charge in [0.25, 0.3) is 5.91 Å². The lowest BCUT2D eigenvalue weighted by molar-refractivity contribution is -0.287. The Morgan fingerprint density at radius 1 is 1.30 bits per heavy atom. The molecule has 0 saturated carbocycles. The van der Waals surface area contributed by atoms with Gasteiger partial charge in [-0.1, -0.05) is 27.7 Å². The molecule has 1 aromatic heterocycles. The van der Waals surface area contributed by atoms with Crippen LogP contribution in [-0.2, 0) is 27.7 Å². The lowest BCUT2D eigenvalue weighted by Gasteiger charge is -2.20. The first-order chi connectivity index (χ1) is 15.3. The molecule has 3 N–H and O–H groups in total. The van der Waals surface area contributed by atoms with Crippen molar-refractivity contribution in [3.8, 4) is 11.5 Å². The third-order valence-corrected chi connectivity index (χ3v) is 6.24. The van der Waals surface area contributed by atoms with E-state index in [9.17, 15) is 22.2 Å². The van der Waals surface area contributed by atoms with Crippen LogP contribution in [0.4, 0.5) is 13.2 Å². The Balaban J connectivity index is 2.06. The highest BCUT2D eigenvalue weighted by atomic mass is 32.2. The molecule has 1 aromatic carbocycles. The van der Waals surface area contributed by atoms with E-state index in [4.69, 9.17) is 15.0 Å². The Hall–Kier alpha value is -2.64. The van der Waals surface area contributed by atoms with E-state index < -0.39 is 39.4 Å². The Kier molecular flexibility index (Phi) is 6.78. The van der Waals surface area contributed by atoms with E-state index in [-0.39, 0.29) is 36.5 Å². The van der Waals surface area contributed by atoms with Crippen LogP contribution in [0.25, 0.3) is 0 Å². The Morgan fingerprint density at radius 3 is 2.55 bits per heavy atom. The van der Waals surface area contributed by atoms with Gasteiger partial charge in [-0.3, -0.25) is 9.48 Å². The molecule has 3 rings (SSSR count). The van der Waals surface area contributed by atoms with Gasteiger partial charge in [0, 0.05) is 5.56 Å². The van der Waals surface area contributed by atoms with Crippen molar-refractivity contribution in [3.63, 3.8) is 0 Å². The van der Waals surface area contributed by atoms with Crippen molar-refractivity contribution in [2.45, 2.75) is 63.8 Å². The van der Waals surface area contributed by atoms with Gasteiger partial charge in [0.15, 0.2) is 27.2 Å². The average molecular weight is 491 g/mol. The lowest BCUT2D eigenvalue weighted by Crippen LogP contribution is -2.26. The number of hydrogen-bond acceptors (Lipinski definition) is 6. The van der Waals surface area contributed by atoms with Crippen molar-refractivity contribution in [2.75, 3.05) is 6.61 Å². The maximum absolute atomic E-state index is 14.2. The van der Waals surface area contributed by atoms with Crippen LogP contribution in [-0.4, -0.2) is 37.9 Å². The van der Waals surface area contributed by atoms with Crippen LogP contribution in [0.5, 0.6) is 11.5 Å². The molecule has 2 heterocycles. The number of hydrogen-bond donors (Lipinski definition) is 2. The highest BCUT2D eigenvalue weighted by Crippen LogP contribution is 2.49. The summed E-state index contributed by atoms with van der Waals surface area (Å²) in [6, 6.07) is 1.38. The number of ether oxygens (including phenoxy) is 2. The summed E-state index contributed by atoms with van der Waals surface area (Å²) in [4.78, 5) is 12.8. The summed E-state index contributed by atoms with van der Waals surface area (Å²) in [7, 11) is -4.04. The van der Waals surface area contributed by atoms with Crippen LogP contribution in [0.1, 0.15) is 56.2 Å². The van der Waals surface area contributed by atoms with E-state index >= 15 is 0 Å². The molecule has 0 fully saturated rings. The molecule has 182 valence electrons. The van der Waals surface area contributed by atoms with Gasteiger partial charge in [-0.05, 0) is 29.0 Å². The molecule has 9 nitrogen and oxygen atoms in total. The Bertz CT molecular complexity index is 1200. The monoisotopic (exact) mass is 490 g/mol. The first kappa shape index (κ1) is 25.0. The maximum Gasteiger partial charge on any atom is 0.586 e. The van der Waals surface area contributed by atoms with Gasteiger partial charge >= 0.3 is 6.29 Å². The van der Waals surface area contributed by atoms with Gasteiger partial charge in [0.05, 0.1) is 25.8 Å². The van der Waals surface area contributed by atoms with E-state index in [1.165, 1.54) is 6.07 Å². The minimum Gasteiger partial charge on any atom is -0.395 e. The number of aliphatic hydroxyl groups is 1. The normalized spacial score (nSPS) is 16.3. The molecule has 0 unspecified atom stereocenters. The van der Waals surface area contributed by atoms with Crippen molar-refractivity contribution in [2.24, 2.45) is 9.50 Å². The van der Waals surface area contributed by atoms with Crippen LogP contribution < -0.4 is 14.6 Å². The third-order valence-electron chi connectivity index (χ3n) is 4.94. The van der Waals surface area contributed by atoms with Gasteiger partial charge in [-0.25, -0.2) is 13.7 Å². The maximum atomic E-state index is 14.2. The largest absolute Gasteiger partial charge is 0.586 e. The number of alkyl halides is 2. The van der Waals surface area contributed by atoms with Crippen molar-refractivity contribution in [3.05, 3.63) is 34.8 Å². The van der Waals surface area contributed by atoms with E-state index in [2.05, 4.69) is 14.2 Å². The number of aromatic nitrogens is 2. The summed E-state index contributed by atoms with van der Waals surface area (Å²) in [6.07, 6.45) is -3.40. The Labute approximate surface area is 189 Å². The van der Waals surface area contributed by atoms with Gasteiger partial charge in [0.2, 0.25) is 5.03 Å². The molecule has 0 spiro atoms. The van der Waals surface area contributed by atoms with Crippen LogP contribution in [0.3, 0.4) is 0 Å². The second-order valence-electron chi connectivity index (χ2n) is 8.16. The fraction of sp³-hybridized carbons (Fsp3) is 0.500. The number of halogens is 3. The molecule has 0 radical (unpaired) electrons. The van der Waals surface area contributed by atoms with E-state index in [0.29, 0.717) is 16.7 Å². The zero-order valence-corrected chi connectivity index (χ0v) is 19.3. The summed E-state index contributed by atoms with van der Waals surface area (Å²) in [5.41, 5.74) is 1.25. The molecule has 2 aromatic rings. The number of amides is 1. The molecule has 1 amide bonds. The fourth-order valence-corrected chi connectivity index (χ4v) is 4.67. The number of rotatable bonds is 7. The first-order valence-electron chi connectivity index (χ1n) is 10.1. The third kappa shape index (κ3) is 5.14. The highest BCUT2D eigenvalue weighted by Gasteiger charge is 2.46. The molecule has 0 saturated heterocycles. The summed E-state index contributed by atoms with van der Waals surface area (Å²) in [5, 5.41) is 17.6. The molecule has 1 aliphatic heterocycles. The van der Waals surface area contributed by atoms with Crippen LogP contribution >= 0.6 is 0 Å². The molecule has 0 aliphatic carbocycles. The number of nitrogens with zero attached hydrogens (tertiary/aromatic N) is 3. The smallest absolute Gasteiger partial charge is 0.395 e. The van der Waals surface area contributed by atoms with Gasteiger partial charge in [-0.2, -0.15) is 5.10 Å². The summed E-state index contributed by atoms with van der Waals surface area (Å²) >= 11 is 0.